The minimum Gasteiger partial charge on any atom is -0.338 e. The van der Waals surface area contributed by atoms with E-state index in [1.54, 1.807) is 0 Å². The number of hydrogen-bond acceptors (Lipinski definition) is 2. The average Bonchev–Trinajstić information content (AvgIpc) is 2.90. The van der Waals surface area contributed by atoms with Gasteiger partial charge in [-0.3, -0.25) is 4.68 Å². The molecule has 148 valence electrons. The molecule has 2 N–H and O–H groups in total. The number of alkyl halides is 3. The molecule has 0 saturated heterocycles. The van der Waals surface area contributed by atoms with Crippen LogP contribution >= 0.6 is 0 Å². The Kier molecular flexibility index (Phi) is 6.87. The van der Waals surface area contributed by atoms with Gasteiger partial charge in [0.05, 0.1) is 11.3 Å². The Morgan fingerprint density at radius 2 is 1.85 bits per heavy atom. The van der Waals surface area contributed by atoms with E-state index >= 15 is 0 Å². The Hall–Kier alpha value is -2.51. The van der Waals surface area contributed by atoms with Crippen LogP contribution in [0, 0.1) is 19.8 Å². The van der Waals surface area contributed by atoms with Crippen LogP contribution in [0.4, 0.5) is 18.0 Å². The van der Waals surface area contributed by atoms with E-state index < -0.39 is 11.7 Å². The van der Waals surface area contributed by atoms with E-state index in [1.807, 2.05) is 31.5 Å². The lowest BCUT2D eigenvalue weighted by molar-refractivity contribution is -0.137. The van der Waals surface area contributed by atoms with Crippen LogP contribution in [0.2, 0.25) is 0 Å². The van der Waals surface area contributed by atoms with Crippen molar-refractivity contribution in [2.45, 2.75) is 39.9 Å². The van der Waals surface area contributed by atoms with Gasteiger partial charge in [-0.2, -0.15) is 18.3 Å². The highest BCUT2D eigenvalue weighted by Gasteiger charge is 2.29. The number of rotatable bonds is 7. The summed E-state index contributed by atoms with van der Waals surface area (Å²) in [5, 5.41) is 9.92. The summed E-state index contributed by atoms with van der Waals surface area (Å²) >= 11 is 0. The van der Waals surface area contributed by atoms with Gasteiger partial charge in [-0.15, -0.1) is 0 Å². The standard InChI is InChI=1S/C19H25F3N4O/c1-13(12-26-15(3)10-14(2)25-26)11-24-18(27)23-9-8-16-4-6-17(7-5-16)19(20,21)22/h4-7,10,13H,8-9,11-12H2,1-3H3,(H2,23,24,27). The largest absolute Gasteiger partial charge is 0.416 e. The quantitative estimate of drug-likeness (QED) is 0.767. The number of carbonyl (C=O) groups is 1. The van der Waals surface area contributed by atoms with Crippen molar-refractivity contribution in [3.8, 4) is 0 Å². The van der Waals surface area contributed by atoms with E-state index in [-0.39, 0.29) is 11.9 Å². The zero-order valence-corrected chi connectivity index (χ0v) is 15.7. The summed E-state index contributed by atoms with van der Waals surface area (Å²) in [5.41, 5.74) is 2.11. The molecule has 0 aliphatic rings. The van der Waals surface area contributed by atoms with Gasteiger partial charge in [0.15, 0.2) is 0 Å². The Morgan fingerprint density at radius 1 is 1.19 bits per heavy atom. The highest BCUT2D eigenvalue weighted by Crippen LogP contribution is 2.29. The minimum atomic E-state index is -4.33. The van der Waals surface area contributed by atoms with Gasteiger partial charge in [-0.1, -0.05) is 19.1 Å². The number of aromatic nitrogens is 2. The molecular weight excluding hydrogens is 357 g/mol. The Balaban J connectivity index is 1.68. The molecule has 1 aromatic heterocycles. The molecule has 5 nitrogen and oxygen atoms in total. The highest BCUT2D eigenvalue weighted by molar-refractivity contribution is 5.73. The predicted molar refractivity (Wildman–Crippen MR) is 97.4 cm³/mol. The second-order valence-corrected chi connectivity index (χ2v) is 6.80. The highest BCUT2D eigenvalue weighted by atomic mass is 19.4. The predicted octanol–water partition coefficient (Wildman–Crippen LogP) is 3.70. The lowest BCUT2D eigenvalue weighted by Gasteiger charge is -2.14. The second kappa shape index (κ2) is 8.92. The van der Waals surface area contributed by atoms with Crippen LogP contribution in [0.5, 0.6) is 0 Å². The normalized spacial score (nSPS) is 12.7. The van der Waals surface area contributed by atoms with Gasteiger partial charge in [0, 0.05) is 25.3 Å². The Morgan fingerprint density at radius 3 is 2.41 bits per heavy atom. The van der Waals surface area contributed by atoms with Crippen LogP contribution in [-0.2, 0) is 19.1 Å². The number of amides is 2. The summed E-state index contributed by atoms with van der Waals surface area (Å²) in [6, 6.07) is 6.68. The van der Waals surface area contributed by atoms with E-state index in [1.165, 1.54) is 12.1 Å². The topological polar surface area (TPSA) is 59.0 Å². The number of aryl methyl sites for hydroxylation is 2. The van der Waals surface area contributed by atoms with E-state index in [0.717, 1.165) is 29.1 Å². The van der Waals surface area contributed by atoms with Crippen molar-refractivity contribution in [3.05, 3.63) is 52.8 Å². The van der Waals surface area contributed by atoms with Crippen molar-refractivity contribution < 1.29 is 18.0 Å². The molecule has 2 amide bonds. The number of carbonyl (C=O) groups excluding carboxylic acids is 1. The summed E-state index contributed by atoms with van der Waals surface area (Å²) in [6.45, 7) is 7.53. The molecule has 8 heteroatoms. The van der Waals surface area contributed by atoms with E-state index in [0.29, 0.717) is 26.1 Å². The number of urea groups is 1. The fraction of sp³-hybridized carbons (Fsp3) is 0.474. The first kappa shape index (κ1) is 20.8. The lowest BCUT2D eigenvalue weighted by Crippen LogP contribution is -2.39. The van der Waals surface area contributed by atoms with Crippen molar-refractivity contribution in [2.24, 2.45) is 5.92 Å². The van der Waals surface area contributed by atoms with Crippen LogP contribution in [0.3, 0.4) is 0 Å². The summed E-state index contributed by atoms with van der Waals surface area (Å²) in [5.74, 6) is 0.212. The van der Waals surface area contributed by atoms with Crippen molar-refractivity contribution >= 4 is 6.03 Å². The molecule has 0 spiro atoms. The summed E-state index contributed by atoms with van der Waals surface area (Å²) < 4.78 is 39.5. The maximum absolute atomic E-state index is 12.5. The number of hydrogen-bond donors (Lipinski definition) is 2. The first-order valence-corrected chi connectivity index (χ1v) is 8.84. The van der Waals surface area contributed by atoms with Gasteiger partial charge in [0.1, 0.15) is 0 Å². The fourth-order valence-electron chi connectivity index (χ4n) is 2.73. The lowest BCUT2D eigenvalue weighted by atomic mass is 10.1. The van der Waals surface area contributed by atoms with Crippen LogP contribution in [0.15, 0.2) is 30.3 Å². The smallest absolute Gasteiger partial charge is 0.338 e. The molecule has 0 aliphatic heterocycles. The molecule has 1 unspecified atom stereocenters. The van der Waals surface area contributed by atoms with E-state index in [4.69, 9.17) is 0 Å². The molecular formula is C19H25F3N4O. The van der Waals surface area contributed by atoms with Crippen LogP contribution in [0.25, 0.3) is 0 Å². The average molecular weight is 382 g/mol. The van der Waals surface area contributed by atoms with E-state index in [2.05, 4.69) is 15.7 Å². The molecule has 0 radical (unpaired) electrons. The molecule has 0 saturated carbocycles. The van der Waals surface area contributed by atoms with E-state index in [9.17, 15) is 18.0 Å². The monoisotopic (exact) mass is 382 g/mol. The van der Waals surface area contributed by atoms with Crippen LogP contribution in [0.1, 0.15) is 29.4 Å². The van der Waals surface area contributed by atoms with Crippen LogP contribution < -0.4 is 10.6 Å². The third-order valence-corrected chi connectivity index (χ3v) is 4.18. The number of nitrogens with one attached hydrogen (secondary N) is 2. The zero-order chi connectivity index (χ0) is 20.0. The summed E-state index contributed by atoms with van der Waals surface area (Å²) in [6.07, 6.45) is -3.87. The molecule has 2 rings (SSSR count). The van der Waals surface area contributed by atoms with Crippen LogP contribution in [-0.4, -0.2) is 28.9 Å². The third kappa shape index (κ3) is 6.62. The summed E-state index contributed by atoms with van der Waals surface area (Å²) in [7, 11) is 0. The fourth-order valence-corrected chi connectivity index (χ4v) is 2.73. The molecule has 0 fully saturated rings. The number of halogens is 3. The summed E-state index contributed by atoms with van der Waals surface area (Å²) in [4.78, 5) is 11.9. The third-order valence-electron chi connectivity index (χ3n) is 4.18. The van der Waals surface area contributed by atoms with Gasteiger partial charge >= 0.3 is 12.2 Å². The van der Waals surface area contributed by atoms with Crippen molar-refractivity contribution in [1.29, 1.82) is 0 Å². The van der Waals surface area contributed by atoms with Gasteiger partial charge < -0.3 is 10.6 Å². The molecule has 1 aromatic carbocycles. The molecule has 0 bridgehead atoms. The molecule has 0 aliphatic carbocycles. The maximum atomic E-state index is 12.5. The SMILES string of the molecule is Cc1cc(C)n(CC(C)CNC(=O)NCCc2ccc(C(F)(F)F)cc2)n1. The number of benzene rings is 1. The van der Waals surface area contributed by atoms with Gasteiger partial charge in [-0.05, 0) is 49.9 Å². The van der Waals surface area contributed by atoms with Crippen molar-refractivity contribution in [1.82, 2.24) is 20.4 Å². The molecule has 1 atom stereocenters. The van der Waals surface area contributed by atoms with Gasteiger partial charge in [0.25, 0.3) is 0 Å². The minimum absolute atomic E-state index is 0.212. The van der Waals surface area contributed by atoms with Crippen molar-refractivity contribution in [2.75, 3.05) is 13.1 Å². The Labute approximate surface area is 157 Å². The maximum Gasteiger partial charge on any atom is 0.416 e. The molecule has 1 heterocycles. The molecule has 27 heavy (non-hydrogen) atoms. The second-order valence-electron chi connectivity index (χ2n) is 6.80. The van der Waals surface area contributed by atoms with Crippen molar-refractivity contribution in [3.63, 3.8) is 0 Å². The zero-order valence-electron chi connectivity index (χ0n) is 15.7. The Bertz CT molecular complexity index is 753. The van der Waals surface area contributed by atoms with Gasteiger partial charge in [-0.25, -0.2) is 4.79 Å². The first-order chi connectivity index (χ1) is 12.6. The first-order valence-electron chi connectivity index (χ1n) is 8.84. The molecule has 2 aromatic rings. The van der Waals surface area contributed by atoms with Gasteiger partial charge in [0.2, 0.25) is 0 Å². The number of nitrogens with zero attached hydrogens (tertiary/aromatic N) is 2.